The average Bonchev–Trinajstić information content (AvgIpc) is 2.02. The van der Waals surface area contributed by atoms with E-state index in [1.54, 1.807) is 6.07 Å². The molecule has 0 radical (unpaired) electrons. The van der Waals surface area contributed by atoms with Gasteiger partial charge in [0.05, 0.1) is 0 Å². The maximum absolute atomic E-state index is 10.8. The summed E-state index contributed by atoms with van der Waals surface area (Å²) in [7, 11) is 3.74. The van der Waals surface area contributed by atoms with Gasteiger partial charge < -0.3 is 9.64 Å². The lowest BCUT2D eigenvalue weighted by Crippen LogP contribution is -2.20. The molecule has 0 aliphatic rings. The SMILES string of the molecule is C=C(C#N)C(=O)OCCN(C)C. The maximum atomic E-state index is 10.8. The van der Waals surface area contributed by atoms with E-state index in [-0.39, 0.29) is 12.2 Å². The first-order valence-corrected chi connectivity index (χ1v) is 3.48. The standard InChI is InChI=1S/C8H12N2O2/c1-7(6-9)8(11)12-5-4-10(2)3/h1,4-5H2,2-3H3. The minimum Gasteiger partial charge on any atom is -0.460 e. The first-order chi connectivity index (χ1) is 5.57. The van der Waals surface area contributed by atoms with Crippen LogP contribution >= 0.6 is 0 Å². The molecule has 0 fully saturated rings. The largest absolute Gasteiger partial charge is 0.460 e. The van der Waals surface area contributed by atoms with Gasteiger partial charge in [0.2, 0.25) is 0 Å². The Labute approximate surface area is 72.0 Å². The number of nitrogens with zero attached hydrogens (tertiary/aromatic N) is 2. The quantitative estimate of drug-likeness (QED) is 0.341. The summed E-state index contributed by atoms with van der Waals surface area (Å²) in [6.45, 7) is 4.15. The van der Waals surface area contributed by atoms with Crippen LogP contribution in [0.1, 0.15) is 0 Å². The van der Waals surface area contributed by atoms with E-state index < -0.39 is 5.97 Å². The highest BCUT2D eigenvalue weighted by Gasteiger charge is 2.06. The predicted octanol–water partition coefficient (Wildman–Crippen LogP) is 0.171. The topological polar surface area (TPSA) is 53.3 Å². The molecule has 0 aliphatic heterocycles. The molecule has 0 aromatic heterocycles. The van der Waals surface area contributed by atoms with E-state index in [1.807, 2.05) is 19.0 Å². The second kappa shape index (κ2) is 5.33. The van der Waals surface area contributed by atoms with E-state index >= 15 is 0 Å². The highest BCUT2D eigenvalue weighted by Crippen LogP contribution is 1.91. The Balaban J connectivity index is 3.60. The molecule has 66 valence electrons. The summed E-state index contributed by atoms with van der Waals surface area (Å²) in [5, 5.41) is 8.25. The number of hydrogen-bond acceptors (Lipinski definition) is 4. The molecule has 12 heavy (non-hydrogen) atoms. The van der Waals surface area contributed by atoms with Crippen LogP contribution < -0.4 is 0 Å². The van der Waals surface area contributed by atoms with Gasteiger partial charge in [-0.25, -0.2) is 4.79 Å². The molecule has 0 atom stereocenters. The van der Waals surface area contributed by atoms with E-state index in [1.165, 1.54) is 0 Å². The molecule has 4 heteroatoms. The van der Waals surface area contributed by atoms with Gasteiger partial charge in [0, 0.05) is 6.54 Å². The van der Waals surface area contributed by atoms with Crippen LogP contribution in [0.25, 0.3) is 0 Å². The summed E-state index contributed by atoms with van der Waals surface area (Å²) in [5.41, 5.74) is -0.159. The predicted molar refractivity (Wildman–Crippen MR) is 44.3 cm³/mol. The molecule has 0 rings (SSSR count). The van der Waals surface area contributed by atoms with Gasteiger partial charge in [0.1, 0.15) is 18.2 Å². The number of carbonyl (C=O) groups excluding carboxylic acids is 1. The van der Waals surface area contributed by atoms with Crippen molar-refractivity contribution in [3.05, 3.63) is 12.2 Å². The molecule has 0 amide bonds. The third-order valence-electron chi connectivity index (χ3n) is 1.15. The number of carbonyl (C=O) groups is 1. The molecule has 0 saturated carbocycles. The van der Waals surface area contributed by atoms with Gasteiger partial charge in [-0.15, -0.1) is 0 Å². The maximum Gasteiger partial charge on any atom is 0.348 e. The van der Waals surface area contributed by atoms with Crippen molar-refractivity contribution in [1.82, 2.24) is 4.90 Å². The Morgan fingerprint density at radius 1 is 1.67 bits per heavy atom. The zero-order valence-electron chi connectivity index (χ0n) is 7.33. The van der Waals surface area contributed by atoms with Crippen LogP contribution in [0.5, 0.6) is 0 Å². The van der Waals surface area contributed by atoms with Crippen molar-refractivity contribution in [2.45, 2.75) is 0 Å². The molecular weight excluding hydrogens is 156 g/mol. The smallest absolute Gasteiger partial charge is 0.348 e. The average molecular weight is 168 g/mol. The molecule has 0 aromatic rings. The van der Waals surface area contributed by atoms with Gasteiger partial charge in [-0.1, -0.05) is 6.58 Å². The Morgan fingerprint density at radius 3 is 2.67 bits per heavy atom. The first-order valence-electron chi connectivity index (χ1n) is 3.48. The fraction of sp³-hybridized carbons (Fsp3) is 0.500. The van der Waals surface area contributed by atoms with E-state index in [9.17, 15) is 4.79 Å². The third-order valence-corrected chi connectivity index (χ3v) is 1.15. The molecule has 0 aromatic carbocycles. The van der Waals surface area contributed by atoms with Crippen LogP contribution in [0.2, 0.25) is 0 Å². The lowest BCUT2D eigenvalue weighted by atomic mass is 10.3. The molecule has 0 N–H and O–H groups in total. The van der Waals surface area contributed by atoms with Crippen molar-refractivity contribution in [3.8, 4) is 6.07 Å². The summed E-state index contributed by atoms with van der Waals surface area (Å²) in [5.74, 6) is -0.639. The second-order valence-electron chi connectivity index (χ2n) is 2.53. The van der Waals surface area contributed by atoms with E-state index in [2.05, 4.69) is 6.58 Å². The Kier molecular flexibility index (Phi) is 4.73. The van der Waals surface area contributed by atoms with Crippen molar-refractivity contribution in [2.24, 2.45) is 0 Å². The summed E-state index contributed by atoms with van der Waals surface area (Å²) in [6.07, 6.45) is 0. The molecule has 4 nitrogen and oxygen atoms in total. The van der Waals surface area contributed by atoms with E-state index in [0.29, 0.717) is 6.54 Å². The van der Waals surface area contributed by atoms with Crippen molar-refractivity contribution < 1.29 is 9.53 Å². The number of hydrogen-bond donors (Lipinski definition) is 0. The van der Waals surface area contributed by atoms with Crippen LogP contribution in [0, 0.1) is 11.3 Å². The van der Waals surface area contributed by atoms with Crippen molar-refractivity contribution in [3.63, 3.8) is 0 Å². The third kappa shape index (κ3) is 4.47. The number of nitriles is 1. The summed E-state index contributed by atoms with van der Waals surface area (Å²) in [6, 6.07) is 1.62. The Morgan fingerprint density at radius 2 is 2.25 bits per heavy atom. The van der Waals surface area contributed by atoms with Gasteiger partial charge in [-0.05, 0) is 14.1 Å². The van der Waals surface area contributed by atoms with Gasteiger partial charge in [0.25, 0.3) is 0 Å². The fourth-order valence-corrected chi connectivity index (χ4v) is 0.454. The molecule has 0 heterocycles. The van der Waals surface area contributed by atoms with Crippen LogP contribution in [-0.2, 0) is 9.53 Å². The normalized spacial score (nSPS) is 9.17. The molecule has 0 spiro atoms. The van der Waals surface area contributed by atoms with Crippen molar-refractivity contribution in [1.29, 1.82) is 5.26 Å². The lowest BCUT2D eigenvalue weighted by Gasteiger charge is -2.08. The minimum atomic E-state index is -0.639. The monoisotopic (exact) mass is 168 g/mol. The zero-order valence-corrected chi connectivity index (χ0v) is 7.33. The molecule has 0 bridgehead atoms. The molecular formula is C8H12N2O2. The molecule has 0 aliphatic carbocycles. The van der Waals surface area contributed by atoms with Crippen LogP contribution in [0.15, 0.2) is 12.2 Å². The highest BCUT2D eigenvalue weighted by molar-refractivity contribution is 5.91. The zero-order chi connectivity index (χ0) is 9.56. The Bertz CT molecular complexity index is 216. The first kappa shape index (κ1) is 10.7. The van der Waals surface area contributed by atoms with Crippen molar-refractivity contribution in [2.75, 3.05) is 27.2 Å². The van der Waals surface area contributed by atoms with Gasteiger partial charge in [0.15, 0.2) is 0 Å². The highest BCUT2D eigenvalue weighted by atomic mass is 16.5. The van der Waals surface area contributed by atoms with Gasteiger partial charge in [-0.3, -0.25) is 0 Å². The second-order valence-corrected chi connectivity index (χ2v) is 2.53. The van der Waals surface area contributed by atoms with Crippen LogP contribution in [0.3, 0.4) is 0 Å². The number of rotatable bonds is 4. The fourth-order valence-electron chi connectivity index (χ4n) is 0.454. The van der Waals surface area contributed by atoms with Crippen molar-refractivity contribution >= 4 is 5.97 Å². The van der Waals surface area contributed by atoms with E-state index in [4.69, 9.17) is 10.00 Å². The van der Waals surface area contributed by atoms with Crippen LogP contribution in [0.4, 0.5) is 0 Å². The Hall–Kier alpha value is -1.34. The van der Waals surface area contributed by atoms with E-state index in [0.717, 1.165) is 0 Å². The number of ether oxygens (including phenoxy) is 1. The minimum absolute atomic E-state index is 0.159. The van der Waals surface area contributed by atoms with Gasteiger partial charge in [-0.2, -0.15) is 5.26 Å². The summed E-state index contributed by atoms with van der Waals surface area (Å²) in [4.78, 5) is 12.7. The molecule has 0 saturated heterocycles. The lowest BCUT2D eigenvalue weighted by molar-refractivity contribution is -0.138. The number of esters is 1. The molecule has 0 unspecified atom stereocenters. The van der Waals surface area contributed by atoms with Gasteiger partial charge >= 0.3 is 5.97 Å². The summed E-state index contributed by atoms with van der Waals surface area (Å²) >= 11 is 0. The van der Waals surface area contributed by atoms with Crippen LogP contribution in [-0.4, -0.2) is 38.1 Å². The number of likely N-dealkylation sites (N-methyl/N-ethyl adjacent to an activating group) is 1. The summed E-state index contributed by atoms with van der Waals surface area (Å²) < 4.78 is 4.70.